The van der Waals surface area contributed by atoms with Gasteiger partial charge in [-0.25, -0.2) is 0 Å². The molecule has 29 heavy (non-hydrogen) atoms. The molecule has 0 spiro atoms. The second-order valence-electron chi connectivity index (χ2n) is 7.97. The summed E-state index contributed by atoms with van der Waals surface area (Å²) < 4.78 is 0. The number of piperidine rings is 1. The second-order valence-corrected chi connectivity index (χ2v) is 8.90. The molecule has 6 nitrogen and oxygen atoms in total. The third-order valence-electron chi connectivity index (χ3n) is 5.71. The largest absolute Gasteiger partial charge is 0.363 e. The zero-order valence-electron chi connectivity index (χ0n) is 18.1. The summed E-state index contributed by atoms with van der Waals surface area (Å²) in [5.74, 6) is 0.993. The van der Waals surface area contributed by atoms with Crippen LogP contribution in [0.25, 0.3) is 0 Å². The van der Waals surface area contributed by atoms with Gasteiger partial charge >= 0.3 is 0 Å². The number of thiophene rings is 1. The highest BCUT2D eigenvalue weighted by Gasteiger charge is 2.20. The molecule has 1 aromatic heterocycles. The van der Waals surface area contributed by atoms with Crippen LogP contribution in [0.2, 0.25) is 0 Å². The Morgan fingerprint density at radius 1 is 1.17 bits per heavy atom. The summed E-state index contributed by atoms with van der Waals surface area (Å²) in [6, 6.07) is 4.89. The summed E-state index contributed by atoms with van der Waals surface area (Å²) in [7, 11) is 2.23. The number of hydrogen-bond acceptors (Lipinski definition) is 5. The number of likely N-dealkylation sites (N-methyl/N-ethyl adjacent to an activating group) is 1. The Bertz CT molecular complexity index is 574. The third-order valence-corrected chi connectivity index (χ3v) is 6.64. The topological polar surface area (TPSA) is 46.1 Å². The van der Waals surface area contributed by atoms with E-state index in [9.17, 15) is 0 Å². The van der Waals surface area contributed by atoms with E-state index in [1.165, 1.54) is 50.4 Å². The third kappa shape index (κ3) is 8.59. The fourth-order valence-electron chi connectivity index (χ4n) is 4.02. The Kier molecular flexibility index (Phi) is 11.6. The molecule has 1 aromatic rings. The number of halogens is 1. The van der Waals surface area contributed by atoms with Gasteiger partial charge in [-0.1, -0.05) is 0 Å². The molecule has 0 saturated carbocycles. The molecule has 2 aliphatic heterocycles. The highest BCUT2D eigenvalue weighted by Crippen LogP contribution is 2.24. The van der Waals surface area contributed by atoms with Gasteiger partial charge in [0.15, 0.2) is 5.96 Å². The molecule has 0 aromatic carbocycles. The van der Waals surface area contributed by atoms with Crippen molar-refractivity contribution in [1.82, 2.24) is 20.4 Å². The van der Waals surface area contributed by atoms with Crippen LogP contribution < -0.4 is 15.5 Å². The van der Waals surface area contributed by atoms with Crippen molar-refractivity contribution < 1.29 is 0 Å². The van der Waals surface area contributed by atoms with Crippen LogP contribution in [-0.2, 0) is 0 Å². The number of nitrogens with zero attached hydrogens (tertiary/aromatic N) is 4. The maximum atomic E-state index is 4.85. The maximum Gasteiger partial charge on any atom is 0.191 e. The molecule has 0 aliphatic carbocycles. The van der Waals surface area contributed by atoms with Crippen LogP contribution in [0.5, 0.6) is 0 Å². The van der Waals surface area contributed by atoms with Crippen LogP contribution in [0.4, 0.5) is 5.00 Å². The molecular weight excluding hydrogens is 495 g/mol. The molecule has 3 heterocycles. The number of guanidine groups is 1. The van der Waals surface area contributed by atoms with Gasteiger partial charge in [-0.3, -0.25) is 4.99 Å². The number of nitrogens with one attached hydrogen (secondary N) is 2. The van der Waals surface area contributed by atoms with Crippen LogP contribution in [-0.4, -0.2) is 87.8 Å². The molecule has 2 aliphatic rings. The van der Waals surface area contributed by atoms with Crippen molar-refractivity contribution in [2.75, 3.05) is 70.9 Å². The van der Waals surface area contributed by atoms with E-state index in [1.54, 1.807) is 0 Å². The first kappa shape index (κ1) is 24.7. The Balaban J connectivity index is 0.00000300. The molecule has 166 valence electrons. The first-order valence-electron chi connectivity index (χ1n) is 11.0. The zero-order valence-corrected chi connectivity index (χ0v) is 21.3. The van der Waals surface area contributed by atoms with E-state index >= 15 is 0 Å². The van der Waals surface area contributed by atoms with Crippen LogP contribution in [0.1, 0.15) is 32.6 Å². The lowest BCUT2D eigenvalue weighted by atomic mass is 10.1. The Morgan fingerprint density at radius 2 is 2.00 bits per heavy atom. The highest BCUT2D eigenvalue weighted by atomic mass is 127. The van der Waals surface area contributed by atoms with Crippen LogP contribution >= 0.6 is 35.3 Å². The van der Waals surface area contributed by atoms with Crippen LogP contribution in [0.3, 0.4) is 0 Å². The lowest BCUT2D eigenvalue weighted by Crippen LogP contribution is -2.48. The Labute approximate surface area is 198 Å². The van der Waals surface area contributed by atoms with Crippen molar-refractivity contribution in [3.63, 3.8) is 0 Å². The summed E-state index contributed by atoms with van der Waals surface area (Å²) in [6.45, 7) is 12.2. The predicted octanol–water partition coefficient (Wildman–Crippen LogP) is 2.92. The number of rotatable bonds is 7. The number of hydrogen-bond donors (Lipinski definition) is 2. The minimum absolute atomic E-state index is 0. The van der Waals surface area contributed by atoms with Crippen molar-refractivity contribution in [3.05, 3.63) is 17.5 Å². The van der Waals surface area contributed by atoms with E-state index < -0.39 is 0 Å². The van der Waals surface area contributed by atoms with Crippen LogP contribution in [0, 0.1) is 0 Å². The van der Waals surface area contributed by atoms with E-state index in [0.717, 1.165) is 45.1 Å². The zero-order chi connectivity index (χ0) is 19.6. The summed E-state index contributed by atoms with van der Waals surface area (Å²) in [5.41, 5.74) is 0. The van der Waals surface area contributed by atoms with Gasteiger partial charge in [0, 0.05) is 45.3 Å². The monoisotopic (exact) mass is 534 g/mol. The number of aliphatic imine (C=N–C) groups is 1. The van der Waals surface area contributed by atoms with Gasteiger partial charge in [0.05, 0.1) is 5.00 Å². The molecule has 0 bridgehead atoms. The van der Waals surface area contributed by atoms with E-state index in [2.05, 4.69) is 56.8 Å². The molecule has 0 amide bonds. The van der Waals surface area contributed by atoms with Gasteiger partial charge in [0.2, 0.25) is 0 Å². The molecule has 2 saturated heterocycles. The quantitative estimate of drug-likeness (QED) is 0.244. The van der Waals surface area contributed by atoms with Gasteiger partial charge < -0.3 is 25.3 Å². The highest BCUT2D eigenvalue weighted by molar-refractivity contribution is 14.0. The SMILES string of the molecule is CCNC(=NCCCN1CCCN(C)CC1)NC1CCN(c2cccs2)CC1.I. The molecule has 0 unspecified atom stereocenters. The lowest BCUT2D eigenvalue weighted by Gasteiger charge is -2.33. The summed E-state index contributed by atoms with van der Waals surface area (Å²) in [4.78, 5) is 12.4. The number of anilines is 1. The Hall–Kier alpha value is -0.580. The fourth-order valence-corrected chi connectivity index (χ4v) is 4.80. The average molecular weight is 535 g/mol. The summed E-state index contributed by atoms with van der Waals surface area (Å²) >= 11 is 1.84. The second kappa shape index (κ2) is 13.7. The van der Waals surface area contributed by atoms with Crippen molar-refractivity contribution in [2.45, 2.75) is 38.6 Å². The molecule has 0 atom stereocenters. The van der Waals surface area contributed by atoms with Gasteiger partial charge in [-0.15, -0.1) is 35.3 Å². The average Bonchev–Trinajstić information content (AvgIpc) is 3.16. The molecule has 2 N–H and O–H groups in total. The van der Waals surface area contributed by atoms with E-state index in [1.807, 2.05) is 11.3 Å². The first-order chi connectivity index (χ1) is 13.7. The molecule has 0 radical (unpaired) electrons. The van der Waals surface area contributed by atoms with E-state index in [-0.39, 0.29) is 24.0 Å². The van der Waals surface area contributed by atoms with E-state index in [0.29, 0.717) is 6.04 Å². The van der Waals surface area contributed by atoms with Gasteiger partial charge in [0.1, 0.15) is 0 Å². The van der Waals surface area contributed by atoms with E-state index in [4.69, 9.17) is 4.99 Å². The van der Waals surface area contributed by atoms with Crippen LogP contribution in [0.15, 0.2) is 22.5 Å². The summed E-state index contributed by atoms with van der Waals surface area (Å²) in [6.07, 6.45) is 4.76. The smallest absolute Gasteiger partial charge is 0.191 e. The Morgan fingerprint density at radius 3 is 2.72 bits per heavy atom. The standard InChI is InChI=1S/C21H38N6S.HI/c1-3-22-21(23-10-5-12-26-13-6-11-25(2)16-17-26)24-19-8-14-27(15-9-19)20-7-4-18-28-20;/h4,7,18-19H,3,5-6,8-17H2,1-2H3,(H2,22,23,24);1H. The molecule has 8 heteroatoms. The molecule has 2 fully saturated rings. The minimum Gasteiger partial charge on any atom is -0.363 e. The summed E-state index contributed by atoms with van der Waals surface area (Å²) in [5, 5.41) is 10.7. The lowest BCUT2D eigenvalue weighted by molar-refractivity contribution is 0.275. The molecular formula is C21H39IN6S. The minimum atomic E-state index is 0. The normalized spacial score (nSPS) is 20.2. The fraction of sp³-hybridized carbons (Fsp3) is 0.762. The van der Waals surface area contributed by atoms with Gasteiger partial charge in [0.25, 0.3) is 0 Å². The maximum absolute atomic E-state index is 4.85. The molecule has 3 rings (SSSR count). The van der Waals surface area contributed by atoms with Crippen molar-refractivity contribution in [2.24, 2.45) is 4.99 Å². The predicted molar refractivity (Wildman–Crippen MR) is 137 cm³/mol. The first-order valence-corrected chi connectivity index (χ1v) is 11.9. The van der Waals surface area contributed by atoms with Crippen molar-refractivity contribution >= 4 is 46.3 Å². The van der Waals surface area contributed by atoms with Crippen molar-refractivity contribution in [1.29, 1.82) is 0 Å². The van der Waals surface area contributed by atoms with Crippen molar-refractivity contribution in [3.8, 4) is 0 Å². The van der Waals surface area contributed by atoms with Gasteiger partial charge in [-0.05, 0) is 76.8 Å². The van der Waals surface area contributed by atoms with Gasteiger partial charge in [-0.2, -0.15) is 0 Å².